The number of aromatic amines is 2. The molecule has 0 unspecified atom stereocenters. The molecule has 1 heterocycles. The van der Waals surface area contributed by atoms with Gasteiger partial charge in [-0.2, -0.15) is 4.39 Å². The highest BCUT2D eigenvalue weighted by Crippen LogP contribution is 1.98. The Morgan fingerprint density at radius 3 is 2.41 bits per heavy atom. The Morgan fingerprint density at radius 1 is 1.35 bits per heavy atom. The van der Waals surface area contributed by atoms with Gasteiger partial charge in [0.25, 0.3) is 5.56 Å². The molecule has 0 aliphatic carbocycles. The van der Waals surface area contributed by atoms with Crippen LogP contribution in [0.5, 0.6) is 0 Å². The number of halogens is 1. The number of ketones is 1. The van der Waals surface area contributed by atoms with E-state index in [1.807, 2.05) is 4.98 Å². The largest absolute Gasteiger partial charge is 0.325 e. The first-order valence-corrected chi connectivity index (χ1v) is 5.44. The third-order valence-corrected chi connectivity index (χ3v) is 1.91. The van der Waals surface area contributed by atoms with Crippen LogP contribution in [0.3, 0.4) is 0 Å². The Labute approximate surface area is 98.1 Å². The van der Waals surface area contributed by atoms with Crippen LogP contribution in [-0.2, 0) is 4.79 Å². The van der Waals surface area contributed by atoms with Crippen LogP contribution >= 0.6 is 0 Å². The first-order chi connectivity index (χ1) is 7.97. The van der Waals surface area contributed by atoms with Gasteiger partial charge in [0.15, 0.2) is 0 Å². The van der Waals surface area contributed by atoms with Gasteiger partial charge in [0.05, 0.1) is 0 Å². The maximum absolute atomic E-state index is 12.0. The molecule has 0 spiro atoms. The van der Waals surface area contributed by atoms with E-state index in [0.29, 0.717) is 12.0 Å². The van der Waals surface area contributed by atoms with Crippen LogP contribution in [0.25, 0.3) is 0 Å². The molecule has 0 saturated heterocycles. The van der Waals surface area contributed by atoms with Crippen LogP contribution in [0.15, 0.2) is 15.8 Å². The average molecular weight is 244 g/mol. The van der Waals surface area contributed by atoms with Crippen molar-refractivity contribution in [3.05, 3.63) is 32.9 Å². The summed E-state index contributed by atoms with van der Waals surface area (Å²) in [6, 6.07) is 0. The highest BCUT2D eigenvalue weighted by Gasteiger charge is 1.93. The van der Waals surface area contributed by atoms with E-state index in [9.17, 15) is 18.8 Å². The molecule has 1 aromatic heterocycles. The minimum absolute atomic E-state index is 0.318. The zero-order valence-electron chi connectivity index (χ0n) is 10.0. The van der Waals surface area contributed by atoms with Gasteiger partial charge < -0.3 is 9.78 Å². The van der Waals surface area contributed by atoms with Crippen molar-refractivity contribution in [2.45, 2.75) is 39.5 Å². The molecule has 17 heavy (non-hydrogen) atoms. The molecule has 1 rings (SSSR count). The van der Waals surface area contributed by atoms with Crippen molar-refractivity contribution in [3.8, 4) is 0 Å². The fraction of sp³-hybridized carbons (Fsp3) is 0.545. The molecule has 0 aliphatic heterocycles. The molecule has 96 valence electrons. The van der Waals surface area contributed by atoms with Gasteiger partial charge in [-0.3, -0.25) is 9.78 Å². The van der Waals surface area contributed by atoms with E-state index in [2.05, 4.69) is 6.92 Å². The van der Waals surface area contributed by atoms with E-state index in [4.69, 9.17) is 0 Å². The van der Waals surface area contributed by atoms with Crippen molar-refractivity contribution < 1.29 is 9.18 Å². The molecule has 0 amide bonds. The number of rotatable bonds is 4. The molecular weight excluding hydrogens is 227 g/mol. The van der Waals surface area contributed by atoms with Crippen molar-refractivity contribution >= 4 is 5.78 Å². The van der Waals surface area contributed by atoms with Gasteiger partial charge in [-0.1, -0.05) is 19.8 Å². The van der Waals surface area contributed by atoms with Gasteiger partial charge in [0.1, 0.15) is 5.78 Å². The highest BCUT2D eigenvalue weighted by molar-refractivity contribution is 5.75. The van der Waals surface area contributed by atoms with E-state index in [1.54, 1.807) is 11.9 Å². The molecule has 0 bridgehead atoms. The predicted octanol–water partition coefficient (Wildman–Crippen LogP) is 1.36. The SMILES string of the molecule is CCCCCC(C)=O.O=c1[nH]cc(F)c(=O)[nH]1. The Kier molecular flexibility index (Phi) is 7.58. The Balaban J connectivity index is 0.000000304. The number of H-pyrrole nitrogens is 2. The van der Waals surface area contributed by atoms with Crippen molar-refractivity contribution in [1.82, 2.24) is 9.97 Å². The second-order valence-electron chi connectivity index (χ2n) is 3.58. The van der Waals surface area contributed by atoms with Crippen LogP contribution in [0, 0.1) is 5.82 Å². The number of aromatic nitrogens is 2. The second-order valence-corrected chi connectivity index (χ2v) is 3.58. The zero-order valence-corrected chi connectivity index (χ0v) is 10.0. The summed E-state index contributed by atoms with van der Waals surface area (Å²) < 4.78 is 12.0. The maximum atomic E-state index is 12.0. The Morgan fingerprint density at radius 2 is 2.00 bits per heavy atom. The van der Waals surface area contributed by atoms with E-state index >= 15 is 0 Å². The number of Topliss-reactive ketones (excluding diaryl/α,β-unsaturated/α-hetero) is 1. The number of hydrogen-bond acceptors (Lipinski definition) is 3. The molecular formula is C11H17FN2O3. The monoisotopic (exact) mass is 244 g/mol. The van der Waals surface area contributed by atoms with Crippen LogP contribution < -0.4 is 11.2 Å². The molecule has 0 atom stereocenters. The van der Waals surface area contributed by atoms with Gasteiger partial charge in [-0.25, -0.2) is 4.79 Å². The standard InChI is InChI=1S/C7H14O.C4H3FN2O2/c1-3-4-5-6-7(2)8;5-2-1-6-4(9)7-3(2)8/h3-6H2,1-2H3;1H,(H2,6,7,8,9). The summed E-state index contributed by atoms with van der Waals surface area (Å²) in [4.78, 5) is 34.3. The van der Waals surface area contributed by atoms with Gasteiger partial charge in [0, 0.05) is 12.6 Å². The molecule has 2 N–H and O–H groups in total. The molecule has 6 heteroatoms. The summed E-state index contributed by atoms with van der Waals surface area (Å²) in [7, 11) is 0. The summed E-state index contributed by atoms with van der Waals surface area (Å²) in [5.74, 6) is -0.673. The van der Waals surface area contributed by atoms with Crippen LogP contribution in [0.2, 0.25) is 0 Å². The molecule has 1 aromatic rings. The van der Waals surface area contributed by atoms with Crippen molar-refractivity contribution in [2.75, 3.05) is 0 Å². The highest BCUT2D eigenvalue weighted by atomic mass is 19.1. The molecule has 0 saturated carbocycles. The summed E-state index contributed by atoms with van der Waals surface area (Å²) in [5.41, 5.74) is -1.71. The number of unbranched alkanes of at least 4 members (excludes halogenated alkanes) is 2. The summed E-state index contributed by atoms with van der Waals surface area (Å²) in [6.07, 6.45) is 4.95. The minimum Gasteiger partial charge on any atom is -0.311 e. The lowest BCUT2D eigenvalue weighted by molar-refractivity contribution is -0.117. The summed E-state index contributed by atoms with van der Waals surface area (Å²) in [5, 5.41) is 0. The summed E-state index contributed by atoms with van der Waals surface area (Å²) in [6.45, 7) is 3.79. The first kappa shape index (κ1) is 15.3. The number of hydrogen-bond donors (Lipinski definition) is 2. The Hall–Kier alpha value is -1.72. The van der Waals surface area contributed by atoms with E-state index in [-0.39, 0.29) is 0 Å². The predicted molar refractivity (Wildman–Crippen MR) is 62.5 cm³/mol. The average Bonchev–Trinajstić information content (AvgIpc) is 2.25. The topological polar surface area (TPSA) is 82.8 Å². The maximum Gasteiger partial charge on any atom is 0.325 e. The lowest BCUT2D eigenvalue weighted by Crippen LogP contribution is -2.23. The lowest BCUT2D eigenvalue weighted by atomic mass is 10.2. The van der Waals surface area contributed by atoms with Gasteiger partial charge in [0.2, 0.25) is 5.82 Å². The van der Waals surface area contributed by atoms with Crippen molar-refractivity contribution in [2.24, 2.45) is 0 Å². The van der Waals surface area contributed by atoms with Crippen LogP contribution in [-0.4, -0.2) is 15.8 Å². The van der Waals surface area contributed by atoms with Gasteiger partial charge in [-0.05, 0) is 13.3 Å². The molecule has 0 aliphatic rings. The molecule has 0 aromatic carbocycles. The van der Waals surface area contributed by atoms with Gasteiger partial charge in [-0.15, -0.1) is 0 Å². The number of carbonyl (C=O) groups is 1. The van der Waals surface area contributed by atoms with Crippen molar-refractivity contribution in [3.63, 3.8) is 0 Å². The lowest BCUT2D eigenvalue weighted by Gasteiger charge is -1.90. The quantitative estimate of drug-likeness (QED) is 0.784. The molecule has 0 fully saturated rings. The van der Waals surface area contributed by atoms with Gasteiger partial charge >= 0.3 is 5.69 Å². The Bertz CT molecular complexity index is 451. The fourth-order valence-corrected chi connectivity index (χ4v) is 1.02. The fourth-order valence-electron chi connectivity index (χ4n) is 1.02. The van der Waals surface area contributed by atoms with Crippen LogP contribution in [0.1, 0.15) is 39.5 Å². The van der Waals surface area contributed by atoms with Crippen molar-refractivity contribution in [1.29, 1.82) is 0 Å². The normalized spacial score (nSPS) is 9.35. The first-order valence-electron chi connectivity index (χ1n) is 5.44. The third kappa shape index (κ3) is 8.12. The van der Waals surface area contributed by atoms with E-state index < -0.39 is 17.1 Å². The van der Waals surface area contributed by atoms with Crippen LogP contribution in [0.4, 0.5) is 4.39 Å². The zero-order chi connectivity index (χ0) is 13.3. The van der Waals surface area contributed by atoms with E-state index in [0.717, 1.165) is 12.8 Å². The minimum atomic E-state index is -1.00. The smallest absolute Gasteiger partial charge is 0.311 e. The molecule has 5 nitrogen and oxygen atoms in total. The summed E-state index contributed by atoms with van der Waals surface area (Å²) >= 11 is 0. The van der Waals surface area contributed by atoms with E-state index in [1.165, 1.54) is 12.8 Å². The third-order valence-electron chi connectivity index (χ3n) is 1.91. The number of carbonyl (C=O) groups excluding carboxylic acids is 1. The second kappa shape index (κ2) is 8.43. The number of nitrogens with one attached hydrogen (secondary N) is 2. The molecule has 0 radical (unpaired) electrons.